The number of ether oxygens (including phenoxy) is 1. The Labute approximate surface area is 196 Å². The van der Waals surface area contributed by atoms with Crippen molar-refractivity contribution in [2.24, 2.45) is 17.8 Å². The summed E-state index contributed by atoms with van der Waals surface area (Å²) in [5, 5.41) is 22.6. The monoisotopic (exact) mass is 474 g/mol. The van der Waals surface area contributed by atoms with Crippen LogP contribution in [0.1, 0.15) is 62.7 Å². The third-order valence-electron chi connectivity index (χ3n) is 6.74. The van der Waals surface area contributed by atoms with Gasteiger partial charge in [-0.15, -0.1) is 11.3 Å². The molecular weight excluding hydrogens is 444 g/mol. The molecule has 0 saturated heterocycles. The molecule has 2 N–H and O–H groups in total. The van der Waals surface area contributed by atoms with Crippen molar-refractivity contribution in [2.75, 3.05) is 6.61 Å². The van der Waals surface area contributed by atoms with Crippen LogP contribution in [0, 0.1) is 17.8 Å². The smallest absolute Gasteiger partial charge is 0.258 e. The molecule has 4 aliphatic rings. The number of thioether (sulfide) groups is 1. The number of hydrogen-bond donors (Lipinski definition) is 2. The molecule has 9 heteroatoms. The Morgan fingerprint density at radius 1 is 1.41 bits per heavy atom. The molecule has 2 aromatic rings. The van der Waals surface area contributed by atoms with E-state index in [0.29, 0.717) is 42.2 Å². The summed E-state index contributed by atoms with van der Waals surface area (Å²) >= 11 is 3.07. The Kier molecular flexibility index (Phi) is 5.84. The first-order valence-electron chi connectivity index (χ1n) is 11.3. The molecule has 0 radical (unpaired) electrons. The van der Waals surface area contributed by atoms with Crippen molar-refractivity contribution in [3.63, 3.8) is 0 Å². The van der Waals surface area contributed by atoms with Gasteiger partial charge in [-0.2, -0.15) is 5.10 Å². The fraction of sp³-hybridized carbons (Fsp3) is 0.609. The van der Waals surface area contributed by atoms with Crippen molar-refractivity contribution in [1.29, 1.82) is 0 Å². The molecular formula is C23H30N4O3S2. The molecule has 2 unspecified atom stereocenters. The summed E-state index contributed by atoms with van der Waals surface area (Å²) in [5.41, 5.74) is -0.490. The third kappa shape index (κ3) is 4.47. The maximum absolute atomic E-state index is 13.4. The molecule has 2 heterocycles. The largest absolute Gasteiger partial charge is 0.477 e. The Hall–Kier alpha value is -1.84. The van der Waals surface area contributed by atoms with E-state index in [1.165, 1.54) is 18.2 Å². The summed E-state index contributed by atoms with van der Waals surface area (Å²) < 4.78 is 8.59. The molecule has 32 heavy (non-hydrogen) atoms. The average Bonchev–Trinajstić information content (AvgIpc) is 3.34. The van der Waals surface area contributed by atoms with Crippen LogP contribution in [0.5, 0.6) is 5.88 Å². The van der Waals surface area contributed by atoms with Gasteiger partial charge in [-0.1, -0.05) is 25.6 Å². The van der Waals surface area contributed by atoms with Gasteiger partial charge >= 0.3 is 0 Å². The highest BCUT2D eigenvalue weighted by atomic mass is 32.2. The van der Waals surface area contributed by atoms with Crippen LogP contribution in [-0.4, -0.2) is 43.5 Å². The van der Waals surface area contributed by atoms with Crippen LogP contribution in [-0.2, 0) is 0 Å². The summed E-state index contributed by atoms with van der Waals surface area (Å²) in [5.74, 6) is 1.62. The number of carbonyl (C=O) groups excluding carboxylic acids is 1. The van der Waals surface area contributed by atoms with Crippen LogP contribution >= 0.6 is 23.1 Å². The van der Waals surface area contributed by atoms with Crippen molar-refractivity contribution in [3.05, 3.63) is 28.7 Å². The fourth-order valence-electron chi connectivity index (χ4n) is 6.09. The minimum atomic E-state index is -0.617. The number of nitrogens with zero attached hydrogens (tertiary/aromatic N) is 3. The van der Waals surface area contributed by atoms with Gasteiger partial charge in [-0.3, -0.25) is 4.79 Å². The lowest BCUT2D eigenvalue weighted by Gasteiger charge is -2.60. The van der Waals surface area contributed by atoms with E-state index in [0.717, 1.165) is 30.0 Å². The maximum Gasteiger partial charge on any atom is 0.258 e. The highest BCUT2D eigenvalue weighted by Crippen LogP contribution is 2.57. The Morgan fingerprint density at radius 3 is 2.84 bits per heavy atom. The zero-order chi connectivity index (χ0) is 22.3. The number of thiazole rings is 1. The molecule has 7 nitrogen and oxygen atoms in total. The van der Waals surface area contributed by atoms with Gasteiger partial charge in [0.2, 0.25) is 5.88 Å². The second kappa shape index (κ2) is 8.50. The highest BCUT2D eigenvalue weighted by molar-refractivity contribution is 8.03. The van der Waals surface area contributed by atoms with Crippen LogP contribution in [0.25, 0.3) is 6.20 Å². The van der Waals surface area contributed by atoms with E-state index in [-0.39, 0.29) is 11.4 Å². The minimum Gasteiger partial charge on any atom is -0.477 e. The topological polar surface area (TPSA) is 89.3 Å². The van der Waals surface area contributed by atoms with E-state index < -0.39 is 5.60 Å². The van der Waals surface area contributed by atoms with Gasteiger partial charge < -0.3 is 15.2 Å². The second-order valence-corrected chi connectivity index (χ2v) is 12.2. The van der Waals surface area contributed by atoms with E-state index in [4.69, 9.17) is 4.74 Å². The lowest BCUT2D eigenvalue weighted by atomic mass is 9.51. The molecule has 0 aromatic carbocycles. The molecule has 0 aliphatic heterocycles. The van der Waals surface area contributed by atoms with Gasteiger partial charge in [0.25, 0.3) is 5.91 Å². The predicted octanol–water partition coefficient (Wildman–Crippen LogP) is 4.41. The minimum absolute atomic E-state index is 0.165. The van der Waals surface area contributed by atoms with Gasteiger partial charge in [0.1, 0.15) is 5.56 Å². The highest BCUT2D eigenvalue weighted by Gasteiger charge is 2.57. The predicted molar refractivity (Wildman–Crippen MR) is 126 cm³/mol. The molecule has 1 amide bonds. The molecule has 4 fully saturated rings. The number of aromatic nitrogens is 3. The lowest BCUT2D eigenvalue weighted by Crippen LogP contribution is -2.65. The standard InChI is InChI=1S/C23H30N4O3S2/c1-15(2)13-30-20-18(12-25-27(20)4-6-32-21-24-3-5-31-21)19(28)26-22-8-16-7-17(9-22)11-23(29,10-16)14-22/h3-6,12,15-17,29H,7-11,13-14H2,1-2H3,(H,26,28)/b6-4-. The first kappa shape index (κ1) is 22.0. The lowest BCUT2D eigenvalue weighted by molar-refractivity contribution is -0.139. The summed E-state index contributed by atoms with van der Waals surface area (Å²) in [7, 11) is 0. The molecule has 0 spiro atoms. The van der Waals surface area contributed by atoms with Crippen molar-refractivity contribution < 1.29 is 14.6 Å². The molecule has 6 rings (SSSR count). The molecule has 4 saturated carbocycles. The van der Waals surface area contributed by atoms with Crippen LogP contribution in [0.3, 0.4) is 0 Å². The van der Waals surface area contributed by atoms with E-state index in [9.17, 15) is 9.90 Å². The number of nitrogens with one attached hydrogen (secondary N) is 1. The van der Waals surface area contributed by atoms with Crippen molar-refractivity contribution in [1.82, 2.24) is 20.1 Å². The van der Waals surface area contributed by atoms with E-state index in [1.54, 1.807) is 34.6 Å². The number of aliphatic hydroxyl groups is 1. The average molecular weight is 475 g/mol. The zero-order valence-corrected chi connectivity index (χ0v) is 20.1. The summed E-state index contributed by atoms with van der Waals surface area (Å²) in [6.45, 7) is 4.64. The first-order chi connectivity index (χ1) is 15.3. The fourth-order valence-corrected chi connectivity index (χ4v) is 7.42. The maximum atomic E-state index is 13.4. The van der Waals surface area contributed by atoms with Crippen LogP contribution in [0.4, 0.5) is 0 Å². The number of rotatable bonds is 8. The first-order valence-corrected chi connectivity index (χ1v) is 13.1. The number of hydrogen-bond acceptors (Lipinski definition) is 7. The van der Waals surface area contributed by atoms with Gasteiger partial charge in [0.05, 0.1) is 18.4 Å². The molecule has 4 bridgehead atoms. The van der Waals surface area contributed by atoms with Gasteiger partial charge in [0.15, 0.2) is 4.34 Å². The van der Waals surface area contributed by atoms with Gasteiger partial charge in [-0.25, -0.2) is 9.67 Å². The zero-order valence-electron chi connectivity index (χ0n) is 18.5. The molecule has 172 valence electrons. The number of amides is 1. The SMILES string of the molecule is CC(C)COc1c(C(=O)NC23CC4CC(CC(O)(C4)C2)C3)cnn1/C=C\Sc1nccs1. The second-order valence-electron chi connectivity index (χ2n) is 10.1. The Bertz CT molecular complexity index is 987. The van der Waals surface area contributed by atoms with Crippen molar-refractivity contribution in [2.45, 2.75) is 67.9 Å². The molecule has 4 aliphatic carbocycles. The van der Waals surface area contributed by atoms with Crippen molar-refractivity contribution >= 4 is 35.2 Å². The summed E-state index contributed by atoms with van der Waals surface area (Å²) in [6.07, 6.45) is 10.7. The quantitative estimate of drug-likeness (QED) is 0.551. The van der Waals surface area contributed by atoms with Crippen LogP contribution in [0.15, 0.2) is 27.5 Å². The summed E-state index contributed by atoms with van der Waals surface area (Å²) in [4.78, 5) is 17.7. The normalized spacial score (nSPS) is 31.0. The Morgan fingerprint density at radius 2 is 2.19 bits per heavy atom. The van der Waals surface area contributed by atoms with Gasteiger partial charge in [0, 0.05) is 23.3 Å². The van der Waals surface area contributed by atoms with E-state index in [1.807, 2.05) is 10.8 Å². The van der Waals surface area contributed by atoms with Crippen molar-refractivity contribution in [3.8, 4) is 5.88 Å². The van der Waals surface area contributed by atoms with Gasteiger partial charge in [-0.05, 0) is 61.7 Å². The summed E-state index contributed by atoms with van der Waals surface area (Å²) in [6, 6.07) is 0. The van der Waals surface area contributed by atoms with E-state index in [2.05, 4.69) is 29.2 Å². The number of carbonyl (C=O) groups is 1. The molecule has 2 aromatic heterocycles. The molecule has 2 atom stereocenters. The Balaban J connectivity index is 1.35. The van der Waals surface area contributed by atoms with Crippen LogP contribution < -0.4 is 10.1 Å². The van der Waals surface area contributed by atoms with E-state index >= 15 is 0 Å². The van der Waals surface area contributed by atoms with Crippen LogP contribution in [0.2, 0.25) is 0 Å². The third-order valence-corrected chi connectivity index (χ3v) is 8.44.